The highest BCUT2D eigenvalue weighted by atomic mass is 35.5. The Hall–Kier alpha value is -2.21. The third kappa shape index (κ3) is 3.03. The lowest BCUT2D eigenvalue weighted by Gasteiger charge is -2.09. The van der Waals surface area contributed by atoms with E-state index in [4.69, 9.17) is 11.6 Å². The highest BCUT2D eigenvalue weighted by Crippen LogP contribution is 2.25. The molecule has 0 amide bonds. The van der Waals surface area contributed by atoms with Crippen LogP contribution in [0.2, 0.25) is 5.02 Å². The predicted octanol–water partition coefficient (Wildman–Crippen LogP) is 4.14. The number of nitrogens with zero attached hydrogens (tertiary/aromatic N) is 1. The fraction of sp³-hybridized carbons (Fsp3) is 0.0769. The van der Waals surface area contributed by atoms with Crippen molar-refractivity contribution in [2.24, 2.45) is 0 Å². The molecule has 0 unspecified atom stereocenters. The van der Waals surface area contributed by atoms with Crippen LogP contribution in [0.4, 0.5) is 20.2 Å². The fourth-order valence-corrected chi connectivity index (χ4v) is 1.85. The van der Waals surface area contributed by atoms with Crippen LogP contribution in [0.3, 0.4) is 0 Å². The van der Waals surface area contributed by atoms with Gasteiger partial charge in [0.2, 0.25) is 5.82 Å². The fourth-order valence-electron chi connectivity index (χ4n) is 1.67. The number of nitro benzene ring substituents is 1. The maximum Gasteiger partial charge on any atom is 0.305 e. The first kappa shape index (κ1) is 14.2. The summed E-state index contributed by atoms with van der Waals surface area (Å²) >= 11 is 5.85. The Balaban J connectivity index is 2.21. The van der Waals surface area contributed by atoms with Crippen molar-refractivity contribution in [2.45, 2.75) is 6.54 Å². The van der Waals surface area contributed by atoms with Gasteiger partial charge in [-0.05, 0) is 18.2 Å². The van der Waals surface area contributed by atoms with E-state index in [0.717, 1.165) is 12.1 Å². The minimum Gasteiger partial charge on any atom is -0.380 e. The quantitative estimate of drug-likeness (QED) is 0.682. The van der Waals surface area contributed by atoms with Crippen LogP contribution >= 0.6 is 11.6 Å². The van der Waals surface area contributed by atoms with Crippen molar-refractivity contribution in [3.63, 3.8) is 0 Å². The van der Waals surface area contributed by atoms with Crippen molar-refractivity contribution < 1.29 is 13.7 Å². The van der Waals surface area contributed by atoms with Gasteiger partial charge in [0.15, 0.2) is 0 Å². The molecule has 0 spiro atoms. The molecular formula is C13H9ClF2N2O2. The van der Waals surface area contributed by atoms with Gasteiger partial charge in [0, 0.05) is 18.2 Å². The molecule has 2 aromatic carbocycles. The second-order valence-corrected chi connectivity index (χ2v) is 4.39. The Labute approximate surface area is 118 Å². The van der Waals surface area contributed by atoms with E-state index in [0.29, 0.717) is 0 Å². The van der Waals surface area contributed by atoms with Gasteiger partial charge in [-0.15, -0.1) is 0 Å². The zero-order chi connectivity index (χ0) is 14.7. The van der Waals surface area contributed by atoms with Crippen LogP contribution < -0.4 is 5.32 Å². The van der Waals surface area contributed by atoms with Gasteiger partial charge < -0.3 is 5.32 Å². The molecule has 7 heteroatoms. The maximum atomic E-state index is 13.8. The van der Waals surface area contributed by atoms with Crippen molar-refractivity contribution in [3.8, 4) is 0 Å². The number of hydrogen-bond donors (Lipinski definition) is 1. The molecule has 2 aromatic rings. The Morgan fingerprint density at radius 3 is 2.70 bits per heavy atom. The van der Waals surface area contributed by atoms with Gasteiger partial charge in [0.05, 0.1) is 15.6 Å². The number of nitro groups is 1. The largest absolute Gasteiger partial charge is 0.380 e. The molecule has 4 nitrogen and oxygen atoms in total. The van der Waals surface area contributed by atoms with Crippen LogP contribution in [0.5, 0.6) is 0 Å². The van der Waals surface area contributed by atoms with Crippen LogP contribution in [-0.2, 0) is 6.54 Å². The molecule has 0 saturated heterocycles. The third-order valence-electron chi connectivity index (χ3n) is 2.65. The number of rotatable bonds is 4. The van der Waals surface area contributed by atoms with Crippen molar-refractivity contribution >= 4 is 23.0 Å². The summed E-state index contributed by atoms with van der Waals surface area (Å²) in [6.07, 6.45) is 0. The zero-order valence-electron chi connectivity index (χ0n) is 10.1. The number of benzene rings is 2. The second kappa shape index (κ2) is 5.83. The van der Waals surface area contributed by atoms with E-state index in [2.05, 4.69) is 5.32 Å². The highest BCUT2D eigenvalue weighted by molar-refractivity contribution is 6.33. The van der Waals surface area contributed by atoms with Crippen molar-refractivity contribution in [3.05, 3.63) is 68.7 Å². The molecule has 2 rings (SSSR count). The van der Waals surface area contributed by atoms with Gasteiger partial charge >= 0.3 is 5.69 Å². The highest BCUT2D eigenvalue weighted by Gasteiger charge is 2.17. The number of nitrogens with one attached hydrogen (secondary N) is 1. The van der Waals surface area contributed by atoms with Gasteiger partial charge in [0.1, 0.15) is 5.82 Å². The van der Waals surface area contributed by atoms with Gasteiger partial charge in [-0.3, -0.25) is 10.1 Å². The molecule has 0 aliphatic carbocycles. The molecule has 0 aliphatic heterocycles. The number of halogens is 3. The van der Waals surface area contributed by atoms with Gasteiger partial charge in [0.25, 0.3) is 0 Å². The lowest BCUT2D eigenvalue weighted by Crippen LogP contribution is -2.04. The summed E-state index contributed by atoms with van der Waals surface area (Å²) in [6.45, 7) is -0.0450. The van der Waals surface area contributed by atoms with E-state index in [-0.39, 0.29) is 22.8 Å². The molecule has 0 bridgehead atoms. The van der Waals surface area contributed by atoms with Crippen molar-refractivity contribution in [1.29, 1.82) is 0 Å². The number of anilines is 1. The standard InChI is InChI=1S/C13H9ClF2N2O2/c14-10-5-4-9(15)6-11(10)17-7-8-2-1-3-12(13(8)16)18(19)20/h1-6,17H,7H2. The third-order valence-corrected chi connectivity index (χ3v) is 2.98. The van der Waals surface area contributed by atoms with E-state index in [1.807, 2.05) is 0 Å². The van der Waals surface area contributed by atoms with Crippen molar-refractivity contribution in [1.82, 2.24) is 0 Å². The minimum absolute atomic E-state index is 0.0450. The molecular weight excluding hydrogens is 290 g/mol. The van der Waals surface area contributed by atoms with Gasteiger partial charge in [-0.25, -0.2) is 4.39 Å². The normalized spacial score (nSPS) is 10.3. The Kier molecular flexibility index (Phi) is 4.14. The Morgan fingerprint density at radius 1 is 1.25 bits per heavy atom. The van der Waals surface area contributed by atoms with Crippen LogP contribution in [-0.4, -0.2) is 4.92 Å². The lowest BCUT2D eigenvalue weighted by atomic mass is 10.2. The molecule has 0 saturated carbocycles. The topological polar surface area (TPSA) is 55.2 Å². The van der Waals surface area contributed by atoms with Crippen molar-refractivity contribution in [2.75, 3.05) is 5.32 Å². The first-order chi connectivity index (χ1) is 9.49. The van der Waals surface area contributed by atoms with E-state index in [9.17, 15) is 18.9 Å². The molecule has 0 fully saturated rings. The summed E-state index contributed by atoms with van der Waals surface area (Å²) in [4.78, 5) is 9.82. The summed E-state index contributed by atoms with van der Waals surface area (Å²) in [5.74, 6) is -1.41. The van der Waals surface area contributed by atoms with Crippen LogP contribution in [0, 0.1) is 21.7 Å². The summed E-state index contributed by atoms with van der Waals surface area (Å²) in [7, 11) is 0. The van der Waals surface area contributed by atoms with Gasteiger partial charge in [-0.1, -0.05) is 23.7 Å². The molecule has 0 radical (unpaired) electrons. The molecule has 20 heavy (non-hydrogen) atoms. The molecule has 104 valence electrons. The molecule has 0 aliphatic rings. The summed E-state index contributed by atoms with van der Waals surface area (Å²) in [5.41, 5.74) is -0.216. The average Bonchev–Trinajstić information content (AvgIpc) is 2.41. The molecule has 0 atom stereocenters. The average molecular weight is 299 g/mol. The minimum atomic E-state index is -0.919. The van der Waals surface area contributed by atoms with Crippen LogP contribution in [0.15, 0.2) is 36.4 Å². The van der Waals surface area contributed by atoms with E-state index < -0.39 is 22.2 Å². The first-order valence-corrected chi connectivity index (χ1v) is 5.97. The van der Waals surface area contributed by atoms with E-state index in [1.54, 1.807) is 0 Å². The smallest absolute Gasteiger partial charge is 0.305 e. The lowest BCUT2D eigenvalue weighted by molar-refractivity contribution is -0.387. The SMILES string of the molecule is O=[N+]([O-])c1cccc(CNc2cc(F)ccc2Cl)c1F. The molecule has 0 aromatic heterocycles. The molecule has 1 N–H and O–H groups in total. The zero-order valence-corrected chi connectivity index (χ0v) is 10.8. The maximum absolute atomic E-state index is 13.8. The van der Waals surface area contributed by atoms with Gasteiger partial charge in [-0.2, -0.15) is 4.39 Å². The first-order valence-electron chi connectivity index (χ1n) is 5.59. The Morgan fingerprint density at radius 2 is 2.00 bits per heavy atom. The monoisotopic (exact) mass is 298 g/mol. The Bertz CT molecular complexity index is 665. The van der Waals surface area contributed by atoms with E-state index >= 15 is 0 Å². The summed E-state index contributed by atoms with van der Waals surface area (Å²) < 4.78 is 26.9. The summed E-state index contributed by atoms with van der Waals surface area (Å²) in [6, 6.07) is 7.59. The second-order valence-electron chi connectivity index (χ2n) is 3.99. The number of hydrogen-bond acceptors (Lipinski definition) is 3. The molecule has 0 heterocycles. The predicted molar refractivity (Wildman–Crippen MR) is 71.8 cm³/mol. The van der Waals surface area contributed by atoms with Crippen LogP contribution in [0.1, 0.15) is 5.56 Å². The van der Waals surface area contributed by atoms with E-state index in [1.165, 1.54) is 24.3 Å². The summed E-state index contributed by atoms with van der Waals surface area (Å²) in [5, 5.41) is 13.6. The van der Waals surface area contributed by atoms with Crippen LogP contribution in [0.25, 0.3) is 0 Å².